The number of rotatable bonds is 5. The molecule has 0 bridgehead atoms. The minimum Gasteiger partial charge on any atom is -0.478 e. The molecule has 154 valence electrons. The number of hydrogen-bond donors (Lipinski definition) is 2. The van der Waals surface area contributed by atoms with Crippen molar-refractivity contribution in [1.82, 2.24) is 5.32 Å². The van der Waals surface area contributed by atoms with Crippen molar-refractivity contribution in [1.29, 1.82) is 0 Å². The number of aliphatic carboxylic acids is 1. The lowest BCUT2D eigenvalue weighted by atomic mass is 9.86. The van der Waals surface area contributed by atoms with Gasteiger partial charge in [0, 0.05) is 11.4 Å². The normalized spacial score (nSPS) is 18.4. The van der Waals surface area contributed by atoms with Crippen LogP contribution >= 0.6 is 0 Å². The lowest BCUT2D eigenvalue weighted by molar-refractivity contribution is -0.274. The number of carboxylic acid groups (broad SMARTS) is 1. The van der Waals surface area contributed by atoms with Crippen molar-refractivity contribution >= 4 is 15.8 Å². The van der Waals surface area contributed by atoms with Crippen LogP contribution in [0.4, 0.5) is 13.2 Å². The number of benzene rings is 1. The van der Waals surface area contributed by atoms with E-state index in [4.69, 9.17) is 0 Å². The van der Waals surface area contributed by atoms with Crippen LogP contribution in [0.2, 0.25) is 0 Å². The smallest absolute Gasteiger partial charge is 0.478 e. The van der Waals surface area contributed by atoms with Gasteiger partial charge in [0.15, 0.2) is 9.84 Å². The minimum absolute atomic E-state index is 0.0681. The van der Waals surface area contributed by atoms with Crippen LogP contribution in [0, 0.1) is 0 Å². The van der Waals surface area contributed by atoms with Gasteiger partial charge in [-0.25, -0.2) is 13.2 Å². The highest BCUT2D eigenvalue weighted by Gasteiger charge is 2.41. The summed E-state index contributed by atoms with van der Waals surface area (Å²) in [7, 11) is -3.93. The van der Waals surface area contributed by atoms with Crippen LogP contribution in [0.1, 0.15) is 39.2 Å². The summed E-state index contributed by atoms with van der Waals surface area (Å²) in [5.41, 5.74) is 0.246. The van der Waals surface area contributed by atoms with E-state index < -0.39 is 39.1 Å². The molecule has 1 heterocycles. The highest BCUT2D eigenvalue weighted by atomic mass is 32.2. The standard InChI is InChI=1S/C18H20F3NO5S/c1-9(2)28(25,26)16-11(4)22-10(3)14(17(23)24)15(16)12-6-5-7-13(8-12)27-18(19,20)21/h5-9,15,22H,1-4H3,(H,23,24). The molecule has 0 saturated heterocycles. The molecule has 0 saturated carbocycles. The topological polar surface area (TPSA) is 92.7 Å². The van der Waals surface area contributed by atoms with Gasteiger partial charge < -0.3 is 15.2 Å². The van der Waals surface area contributed by atoms with E-state index in [1.54, 1.807) is 0 Å². The monoisotopic (exact) mass is 419 g/mol. The molecule has 1 atom stereocenters. The average molecular weight is 419 g/mol. The van der Waals surface area contributed by atoms with Crippen LogP contribution in [0.5, 0.6) is 5.75 Å². The Morgan fingerprint density at radius 2 is 1.82 bits per heavy atom. The summed E-state index contributed by atoms with van der Waals surface area (Å²) in [6.07, 6.45) is -4.94. The fraction of sp³-hybridized carbons (Fsp3) is 0.389. The van der Waals surface area contributed by atoms with Crippen molar-refractivity contribution in [3.63, 3.8) is 0 Å². The maximum atomic E-state index is 12.9. The van der Waals surface area contributed by atoms with E-state index >= 15 is 0 Å². The Bertz CT molecular complexity index is 962. The Morgan fingerprint density at radius 3 is 2.32 bits per heavy atom. The summed E-state index contributed by atoms with van der Waals surface area (Å²) in [4.78, 5) is 11.7. The number of ether oxygens (including phenoxy) is 1. The lowest BCUT2D eigenvalue weighted by Gasteiger charge is -2.31. The molecule has 6 nitrogen and oxygen atoms in total. The van der Waals surface area contributed by atoms with Crippen LogP contribution in [-0.2, 0) is 14.6 Å². The average Bonchev–Trinajstić information content (AvgIpc) is 2.51. The molecule has 1 aromatic carbocycles. The maximum absolute atomic E-state index is 12.9. The van der Waals surface area contributed by atoms with Crippen molar-refractivity contribution in [3.8, 4) is 5.75 Å². The second-order valence-corrected chi connectivity index (χ2v) is 9.08. The molecule has 2 rings (SSSR count). The Morgan fingerprint density at radius 1 is 1.21 bits per heavy atom. The van der Waals surface area contributed by atoms with Crippen LogP contribution in [0.15, 0.2) is 46.1 Å². The van der Waals surface area contributed by atoms with E-state index in [0.29, 0.717) is 0 Å². The van der Waals surface area contributed by atoms with Crippen molar-refractivity contribution in [3.05, 3.63) is 51.7 Å². The molecule has 0 amide bonds. The van der Waals surface area contributed by atoms with Crippen molar-refractivity contribution < 1.29 is 36.2 Å². The molecule has 0 spiro atoms. The first-order chi connectivity index (χ1) is 12.8. The van der Waals surface area contributed by atoms with E-state index in [1.165, 1.54) is 39.8 Å². The third-order valence-electron chi connectivity index (χ3n) is 4.28. The molecule has 10 heteroatoms. The SMILES string of the molecule is CC1=C(C(=O)O)C(c2cccc(OC(F)(F)F)c2)C(S(=O)(=O)C(C)C)=C(C)N1. The number of halogens is 3. The second kappa shape index (κ2) is 7.50. The fourth-order valence-electron chi connectivity index (χ4n) is 3.10. The van der Waals surface area contributed by atoms with Crippen LogP contribution < -0.4 is 10.1 Å². The van der Waals surface area contributed by atoms with Crippen molar-refractivity contribution in [2.24, 2.45) is 0 Å². The summed E-state index contributed by atoms with van der Waals surface area (Å²) in [6, 6.07) is 4.69. The van der Waals surface area contributed by atoms with Gasteiger partial charge in [-0.2, -0.15) is 0 Å². The number of allylic oxidation sites excluding steroid dienone is 3. The largest absolute Gasteiger partial charge is 0.573 e. The van der Waals surface area contributed by atoms with E-state index in [1.807, 2.05) is 0 Å². The zero-order chi connectivity index (χ0) is 21.4. The van der Waals surface area contributed by atoms with E-state index in [0.717, 1.165) is 12.1 Å². The summed E-state index contributed by atoms with van der Waals surface area (Å²) in [5, 5.41) is 11.6. The molecule has 28 heavy (non-hydrogen) atoms. The number of dihydropyridines is 1. The molecule has 1 aliphatic heterocycles. The molecule has 0 fully saturated rings. The van der Waals surface area contributed by atoms with Gasteiger partial charge in [0.1, 0.15) is 5.75 Å². The molecule has 1 aliphatic rings. The van der Waals surface area contributed by atoms with E-state index in [-0.39, 0.29) is 27.4 Å². The van der Waals surface area contributed by atoms with Gasteiger partial charge in [-0.15, -0.1) is 13.2 Å². The number of carbonyl (C=O) groups is 1. The molecule has 1 unspecified atom stereocenters. The zero-order valence-electron chi connectivity index (χ0n) is 15.6. The zero-order valence-corrected chi connectivity index (χ0v) is 16.4. The van der Waals surface area contributed by atoms with Gasteiger partial charge in [-0.3, -0.25) is 0 Å². The van der Waals surface area contributed by atoms with Crippen LogP contribution in [-0.4, -0.2) is 31.1 Å². The summed E-state index contributed by atoms with van der Waals surface area (Å²) in [6.45, 7) is 5.85. The summed E-state index contributed by atoms with van der Waals surface area (Å²) in [5.74, 6) is -3.21. The number of alkyl halides is 3. The first kappa shape index (κ1) is 21.8. The molecular formula is C18H20F3NO5S. The Kier molecular flexibility index (Phi) is 5.84. The summed E-state index contributed by atoms with van der Waals surface area (Å²) < 4.78 is 67.5. The minimum atomic E-state index is -4.94. The van der Waals surface area contributed by atoms with Crippen LogP contribution in [0.3, 0.4) is 0 Å². The predicted octanol–water partition coefficient (Wildman–Crippen LogP) is 3.69. The number of carboxylic acids is 1. The van der Waals surface area contributed by atoms with Gasteiger partial charge in [0.05, 0.1) is 21.6 Å². The van der Waals surface area contributed by atoms with Gasteiger partial charge >= 0.3 is 12.3 Å². The van der Waals surface area contributed by atoms with E-state index in [2.05, 4.69) is 10.1 Å². The molecule has 2 N–H and O–H groups in total. The van der Waals surface area contributed by atoms with Gasteiger partial charge in [0.25, 0.3) is 0 Å². The Hall–Kier alpha value is -2.49. The first-order valence-corrected chi connectivity index (χ1v) is 9.81. The molecule has 1 aromatic rings. The number of hydrogen-bond acceptors (Lipinski definition) is 5. The number of sulfone groups is 1. The third-order valence-corrected chi connectivity index (χ3v) is 6.68. The van der Waals surface area contributed by atoms with Gasteiger partial charge in [0.2, 0.25) is 0 Å². The lowest BCUT2D eigenvalue weighted by Crippen LogP contribution is -2.33. The highest BCUT2D eigenvalue weighted by Crippen LogP contribution is 2.43. The number of nitrogens with one attached hydrogen (secondary N) is 1. The third kappa shape index (κ3) is 4.32. The second-order valence-electron chi connectivity index (χ2n) is 6.61. The Balaban J connectivity index is 2.74. The summed E-state index contributed by atoms with van der Waals surface area (Å²) >= 11 is 0. The molecule has 0 aromatic heterocycles. The maximum Gasteiger partial charge on any atom is 0.573 e. The fourth-order valence-corrected chi connectivity index (χ4v) is 4.67. The molecular weight excluding hydrogens is 399 g/mol. The highest BCUT2D eigenvalue weighted by molar-refractivity contribution is 7.95. The van der Waals surface area contributed by atoms with Crippen molar-refractivity contribution in [2.45, 2.75) is 45.2 Å². The van der Waals surface area contributed by atoms with Gasteiger partial charge in [-0.05, 0) is 45.4 Å². The van der Waals surface area contributed by atoms with Crippen molar-refractivity contribution in [2.75, 3.05) is 0 Å². The van der Waals surface area contributed by atoms with Gasteiger partial charge in [-0.1, -0.05) is 12.1 Å². The molecule has 0 radical (unpaired) electrons. The van der Waals surface area contributed by atoms with Crippen LogP contribution in [0.25, 0.3) is 0 Å². The quantitative estimate of drug-likeness (QED) is 0.756. The first-order valence-electron chi connectivity index (χ1n) is 8.27. The Labute approximate surface area is 160 Å². The van der Waals surface area contributed by atoms with E-state index in [9.17, 15) is 31.5 Å². The predicted molar refractivity (Wildman–Crippen MR) is 96.1 cm³/mol. The molecule has 0 aliphatic carbocycles.